The molecule has 0 unspecified atom stereocenters. The first-order valence-electron chi connectivity index (χ1n) is 13.5. The molecule has 4 aromatic heterocycles. The van der Waals surface area contributed by atoms with E-state index in [9.17, 15) is 14.4 Å². The van der Waals surface area contributed by atoms with Crippen LogP contribution in [-0.4, -0.2) is 50.3 Å². The van der Waals surface area contributed by atoms with Crippen molar-refractivity contribution in [2.24, 2.45) is 4.99 Å². The molecule has 1 aliphatic rings. The predicted octanol–water partition coefficient (Wildman–Crippen LogP) is 4.36. The molecule has 214 valence electrons. The van der Waals surface area contributed by atoms with E-state index in [1.165, 1.54) is 10.5 Å². The number of esters is 1. The summed E-state index contributed by atoms with van der Waals surface area (Å²) in [5.74, 6) is -1.23. The fourth-order valence-corrected chi connectivity index (χ4v) is 5.36. The quantitative estimate of drug-likeness (QED) is 0.211. The van der Waals surface area contributed by atoms with Gasteiger partial charge in [-0.2, -0.15) is 4.99 Å². The van der Waals surface area contributed by atoms with Crippen LogP contribution in [0.1, 0.15) is 46.2 Å². The van der Waals surface area contributed by atoms with E-state index >= 15 is 0 Å². The number of rotatable bonds is 6. The van der Waals surface area contributed by atoms with Crippen molar-refractivity contribution in [3.8, 4) is 11.3 Å². The van der Waals surface area contributed by atoms with Crippen LogP contribution in [0.5, 0.6) is 0 Å². The lowest BCUT2D eigenvalue weighted by Crippen LogP contribution is -2.35. The summed E-state index contributed by atoms with van der Waals surface area (Å²) < 4.78 is 19.6. The number of ether oxygens (including phenoxy) is 2. The smallest absolute Gasteiger partial charge is 0.341 e. The SMILES string of the molecule is CCOC(=O)c1cc2c(=O)n3ccccc3nc2n(C[C@@H]2CCCO2)c1=NC(=O)c1c(-c2ccccc2Cl)noc1C. The molecule has 11 nitrogen and oxygen atoms in total. The van der Waals surface area contributed by atoms with Crippen LogP contribution in [0.15, 0.2) is 69.0 Å². The highest BCUT2D eigenvalue weighted by Crippen LogP contribution is 2.31. The molecule has 1 amide bonds. The highest BCUT2D eigenvalue weighted by atomic mass is 35.5. The average Bonchev–Trinajstić information content (AvgIpc) is 3.64. The first kappa shape index (κ1) is 27.6. The Kier molecular flexibility index (Phi) is 7.44. The van der Waals surface area contributed by atoms with E-state index in [0.717, 1.165) is 12.8 Å². The Morgan fingerprint density at radius 3 is 2.76 bits per heavy atom. The van der Waals surface area contributed by atoms with Crippen LogP contribution < -0.4 is 11.0 Å². The molecule has 0 spiro atoms. The van der Waals surface area contributed by atoms with E-state index < -0.39 is 11.9 Å². The molecule has 12 heteroatoms. The number of hydrogen-bond donors (Lipinski definition) is 0. The summed E-state index contributed by atoms with van der Waals surface area (Å²) in [6, 6.07) is 13.5. The molecule has 6 rings (SSSR count). The molecule has 1 aromatic carbocycles. The van der Waals surface area contributed by atoms with E-state index in [1.54, 1.807) is 67.1 Å². The summed E-state index contributed by atoms with van der Waals surface area (Å²) in [7, 11) is 0. The van der Waals surface area contributed by atoms with Crippen LogP contribution >= 0.6 is 11.6 Å². The summed E-state index contributed by atoms with van der Waals surface area (Å²) in [4.78, 5) is 50.1. The number of aryl methyl sites for hydroxylation is 1. The van der Waals surface area contributed by atoms with Crippen molar-refractivity contribution in [1.82, 2.24) is 19.1 Å². The fraction of sp³-hybridized carbons (Fsp3) is 0.267. The van der Waals surface area contributed by atoms with Gasteiger partial charge in [0.05, 0.1) is 29.7 Å². The summed E-state index contributed by atoms with van der Waals surface area (Å²) in [5, 5.41) is 4.63. The van der Waals surface area contributed by atoms with Gasteiger partial charge in [0, 0.05) is 18.4 Å². The molecule has 1 fully saturated rings. The van der Waals surface area contributed by atoms with E-state index in [0.29, 0.717) is 22.8 Å². The highest BCUT2D eigenvalue weighted by molar-refractivity contribution is 6.33. The number of carbonyl (C=O) groups excluding carboxylic acids is 2. The van der Waals surface area contributed by atoms with E-state index in [1.807, 2.05) is 0 Å². The van der Waals surface area contributed by atoms with E-state index in [4.69, 9.17) is 30.6 Å². The van der Waals surface area contributed by atoms with Crippen molar-refractivity contribution in [2.45, 2.75) is 39.3 Å². The molecule has 0 saturated carbocycles. The maximum atomic E-state index is 13.9. The zero-order valence-corrected chi connectivity index (χ0v) is 23.6. The molecule has 0 N–H and O–H groups in total. The molecule has 42 heavy (non-hydrogen) atoms. The Balaban J connectivity index is 1.66. The lowest BCUT2D eigenvalue weighted by Gasteiger charge is -2.18. The van der Waals surface area contributed by atoms with Crippen LogP contribution in [0.4, 0.5) is 0 Å². The first-order valence-corrected chi connectivity index (χ1v) is 13.9. The minimum Gasteiger partial charge on any atom is -0.462 e. The number of nitrogens with zero attached hydrogens (tertiary/aromatic N) is 5. The van der Waals surface area contributed by atoms with Gasteiger partial charge in [-0.1, -0.05) is 41.0 Å². The van der Waals surface area contributed by atoms with Crippen molar-refractivity contribution in [3.05, 3.63) is 92.5 Å². The fourth-order valence-electron chi connectivity index (χ4n) is 5.14. The van der Waals surface area contributed by atoms with Crippen molar-refractivity contribution in [1.29, 1.82) is 0 Å². The van der Waals surface area contributed by atoms with Crippen LogP contribution in [0.3, 0.4) is 0 Å². The van der Waals surface area contributed by atoms with Gasteiger partial charge in [0.25, 0.3) is 11.5 Å². The topological polar surface area (TPSA) is 130 Å². The van der Waals surface area contributed by atoms with Crippen LogP contribution in [0.2, 0.25) is 5.02 Å². The third-order valence-corrected chi connectivity index (χ3v) is 7.44. The number of aromatic nitrogens is 4. The second-order valence-electron chi connectivity index (χ2n) is 9.79. The zero-order valence-electron chi connectivity index (χ0n) is 22.9. The average molecular weight is 588 g/mol. The molecule has 1 aliphatic heterocycles. The molecule has 5 heterocycles. The van der Waals surface area contributed by atoms with Gasteiger partial charge in [-0.25, -0.2) is 9.78 Å². The van der Waals surface area contributed by atoms with Gasteiger partial charge in [0.1, 0.15) is 33.9 Å². The largest absolute Gasteiger partial charge is 0.462 e. The Labute approximate surface area is 244 Å². The van der Waals surface area contributed by atoms with E-state index in [2.05, 4.69) is 10.1 Å². The van der Waals surface area contributed by atoms with Gasteiger partial charge in [-0.3, -0.25) is 14.0 Å². The van der Waals surface area contributed by atoms with Crippen LogP contribution in [0, 0.1) is 6.92 Å². The molecular formula is C30H26ClN5O6. The molecule has 1 atom stereocenters. The second-order valence-corrected chi connectivity index (χ2v) is 10.2. The number of pyridine rings is 2. The van der Waals surface area contributed by atoms with Gasteiger partial charge in [0.2, 0.25) is 0 Å². The van der Waals surface area contributed by atoms with Crippen LogP contribution in [-0.2, 0) is 16.0 Å². The standard InChI is InChI=1S/C30H26ClN5O6/c1-3-40-30(39)21-15-20-26(32-23-12-6-7-13-35(23)29(20)38)36(16-18-9-8-14-41-18)27(21)33-28(37)24-17(2)42-34-25(24)19-10-4-5-11-22(19)31/h4-7,10-13,15,18H,3,8-9,14,16H2,1-2H3/t18-/m0/s1. The van der Waals surface area contributed by atoms with Gasteiger partial charge in [0.15, 0.2) is 5.49 Å². The minimum absolute atomic E-state index is 0.0145. The monoisotopic (exact) mass is 587 g/mol. The Hall–Kier alpha value is -4.61. The van der Waals surface area contributed by atoms with E-state index in [-0.39, 0.29) is 63.9 Å². The van der Waals surface area contributed by atoms with Gasteiger partial charge >= 0.3 is 5.97 Å². The second kappa shape index (κ2) is 11.3. The molecule has 0 bridgehead atoms. The van der Waals surface area contributed by atoms with Gasteiger partial charge in [-0.05, 0) is 51.0 Å². The summed E-state index contributed by atoms with van der Waals surface area (Å²) in [6.07, 6.45) is 2.96. The summed E-state index contributed by atoms with van der Waals surface area (Å²) in [5.41, 5.74) is 1.01. The summed E-state index contributed by atoms with van der Waals surface area (Å²) >= 11 is 6.41. The molecule has 1 saturated heterocycles. The highest BCUT2D eigenvalue weighted by Gasteiger charge is 2.26. The first-order chi connectivity index (χ1) is 20.4. The Morgan fingerprint density at radius 1 is 1.19 bits per heavy atom. The van der Waals surface area contributed by atoms with Gasteiger partial charge < -0.3 is 18.6 Å². The van der Waals surface area contributed by atoms with Gasteiger partial charge in [-0.15, -0.1) is 0 Å². The third kappa shape index (κ3) is 4.90. The number of halogens is 1. The number of benzene rings is 1. The number of carbonyl (C=O) groups is 2. The summed E-state index contributed by atoms with van der Waals surface area (Å²) in [6.45, 7) is 4.11. The number of hydrogen-bond acceptors (Lipinski definition) is 8. The van der Waals surface area contributed by atoms with Crippen molar-refractivity contribution in [3.63, 3.8) is 0 Å². The molecule has 5 aromatic rings. The third-order valence-electron chi connectivity index (χ3n) is 7.11. The lowest BCUT2D eigenvalue weighted by atomic mass is 10.1. The number of amides is 1. The van der Waals surface area contributed by atoms with Crippen molar-refractivity contribution < 1.29 is 23.6 Å². The normalized spacial score (nSPS) is 15.5. The molecular weight excluding hydrogens is 562 g/mol. The Bertz CT molecular complexity index is 1990. The maximum Gasteiger partial charge on any atom is 0.341 e. The predicted molar refractivity (Wildman–Crippen MR) is 153 cm³/mol. The zero-order chi connectivity index (χ0) is 29.4. The number of fused-ring (bicyclic) bond motifs is 2. The lowest BCUT2D eigenvalue weighted by molar-refractivity contribution is 0.0521. The Morgan fingerprint density at radius 2 is 2.00 bits per heavy atom. The van der Waals surface area contributed by atoms with Crippen LogP contribution in [0.25, 0.3) is 27.9 Å². The molecule has 0 aliphatic carbocycles. The molecule has 0 radical (unpaired) electrons. The minimum atomic E-state index is -0.738. The maximum absolute atomic E-state index is 13.9. The van der Waals surface area contributed by atoms with Crippen molar-refractivity contribution >= 4 is 40.2 Å². The van der Waals surface area contributed by atoms with Crippen molar-refractivity contribution in [2.75, 3.05) is 13.2 Å².